The summed E-state index contributed by atoms with van der Waals surface area (Å²) in [4.78, 5) is 12.7. The monoisotopic (exact) mass is 481 g/mol. The van der Waals surface area contributed by atoms with Crippen molar-refractivity contribution < 1.29 is 26.4 Å². The number of nitrogens with zero attached hydrogens (tertiary/aromatic N) is 1. The summed E-state index contributed by atoms with van der Waals surface area (Å²) >= 11 is 0. The standard InChI is InChI=1S/C21H27N3O6S2/c1-3-31(26,27)19-8-6-17(7-9-19)22-15-21(25)23-18-5-4-16(2)20(14-18)32(28,29)24-10-12-30-13-11-24/h4-9,14,22H,3,10-13,15H2,1-2H3,(H,23,25). The summed E-state index contributed by atoms with van der Waals surface area (Å²) in [6.45, 7) is 4.51. The highest BCUT2D eigenvalue weighted by Gasteiger charge is 2.28. The van der Waals surface area contributed by atoms with Crippen molar-refractivity contribution in [3.8, 4) is 0 Å². The Morgan fingerprint density at radius 2 is 1.62 bits per heavy atom. The van der Waals surface area contributed by atoms with Crippen LogP contribution in [0.15, 0.2) is 52.3 Å². The zero-order chi connectivity index (χ0) is 23.4. The molecule has 0 unspecified atom stereocenters. The van der Waals surface area contributed by atoms with Gasteiger partial charge in [0.1, 0.15) is 0 Å². The van der Waals surface area contributed by atoms with Crippen molar-refractivity contribution in [1.29, 1.82) is 0 Å². The number of sulfonamides is 1. The summed E-state index contributed by atoms with van der Waals surface area (Å²) in [5.41, 5.74) is 1.56. The third-order valence-corrected chi connectivity index (χ3v) is 8.90. The lowest BCUT2D eigenvalue weighted by atomic mass is 10.2. The smallest absolute Gasteiger partial charge is 0.243 e. The van der Waals surface area contributed by atoms with E-state index in [1.165, 1.54) is 22.5 Å². The number of aryl methyl sites for hydroxylation is 1. The molecule has 0 spiro atoms. The molecule has 1 aliphatic rings. The summed E-state index contributed by atoms with van der Waals surface area (Å²) < 4.78 is 56.3. The highest BCUT2D eigenvalue weighted by molar-refractivity contribution is 7.91. The Balaban J connectivity index is 1.65. The minimum Gasteiger partial charge on any atom is -0.379 e. The molecule has 2 N–H and O–H groups in total. The molecule has 174 valence electrons. The van der Waals surface area contributed by atoms with E-state index < -0.39 is 19.9 Å². The highest BCUT2D eigenvalue weighted by Crippen LogP contribution is 2.24. The van der Waals surface area contributed by atoms with Gasteiger partial charge in [0.25, 0.3) is 0 Å². The van der Waals surface area contributed by atoms with E-state index in [4.69, 9.17) is 4.74 Å². The molecule has 32 heavy (non-hydrogen) atoms. The first kappa shape index (κ1) is 24.2. The van der Waals surface area contributed by atoms with Gasteiger partial charge in [-0.25, -0.2) is 16.8 Å². The van der Waals surface area contributed by atoms with Gasteiger partial charge in [-0.05, 0) is 48.9 Å². The number of carbonyl (C=O) groups is 1. The molecule has 0 radical (unpaired) electrons. The van der Waals surface area contributed by atoms with Gasteiger partial charge in [0.05, 0.1) is 35.3 Å². The van der Waals surface area contributed by atoms with E-state index in [-0.39, 0.29) is 28.0 Å². The zero-order valence-corrected chi connectivity index (χ0v) is 19.6. The molecule has 2 aromatic carbocycles. The topological polar surface area (TPSA) is 122 Å². The van der Waals surface area contributed by atoms with E-state index in [0.717, 1.165) is 0 Å². The second-order valence-corrected chi connectivity index (χ2v) is 11.5. The summed E-state index contributed by atoms with van der Waals surface area (Å²) in [6.07, 6.45) is 0. The van der Waals surface area contributed by atoms with Crippen LogP contribution in [0, 0.1) is 6.92 Å². The molecule has 1 amide bonds. The van der Waals surface area contributed by atoms with Gasteiger partial charge < -0.3 is 15.4 Å². The minimum absolute atomic E-state index is 0.0159. The number of morpholine rings is 1. The predicted molar refractivity (Wildman–Crippen MR) is 122 cm³/mol. The number of hydrogen-bond donors (Lipinski definition) is 2. The Hall–Kier alpha value is -2.47. The molecule has 0 atom stereocenters. The number of hydrogen-bond acceptors (Lipinski definition) is 7. The van der Waals surface area contributed by atoms with E-state index in [1.807, 2.05) is 0 Å². The third-order valence-electron chi connectivity index (χ3n) is 5.11. The molecule has 11 heteroatoms. The van der Waals surface area contributed by atoms with Crippen molar-refractivity contribution in [2.45, 2.75) is 23.6 Å². The molecular formula is C21H27N3O6S2. The normalized spacial score (nSPS) is 15.3. The molecule has 0 aliphatic carbocycles. The first-order chi connectivity index (χ1) is 15.1. The summed E-state index contributed by atoms with van der Waals surface area (Å²) in [7, 11) is -6.97. The minimum atomic E-state index is -3.69. The molecule has 0 saturated carbocycles. The van der Waals surface area contributed by atoms with Gasteiger partial charge in [0.15, 0.2) is 9.84 Å². The van der Waals surface area contributed by atoms with Crippen LogP contribution in [-0.2, 0) is 29.4 Å². The fourth-order valence-electron chi connectivity index (χ4n) is 3.22. The van der Waals surface area contributed by atoms with E-state index in [1.54, 1.807) is 38.1 Å². The Morgan fingerprint density at radius 1 is 1.00 bits per heavy atom. The molecule has 2 aromatic rings. The number of anilines is 2. The molecule has 3 rings (SSSR count). The lowest BCUT2D eigenvalue weighted by Gasteiger charge is -2.26. The first-order valence-corrected chi connectivity index (χ1v) is 13.3. The second-order valence-electron chi connectivity index (χ2n) is 7.33. The van der Waals surface area contributed by atoms with E-state index in [9.17, 15) is 21.6 Å². The van der Waals surface area contributed by atoms with E-state index in [2.05, 4.69) is 10.6 Å². The molecule has 0 bridgehead atoms. The summed E-state index contributed by atoms with van der Waals surface area (Å²) in [5, 5.41) is 5.62. The lowest BCUT2D eigenvalue weighted by Crippen LogP contribution is -2.40. The molecular weight excluding hydrogens is 454 g/mol. The van der Waals surface area contributed by atoms with Crippen LogP contribution in [0.25, 0.3) is 0 Å². The van der Waals surface area contributed by atoms with Crippen molar-refractivity contribution >= 4 is 37.1 Å². The SMILES string of the molecule is CCS(=O)(=O)c1ccc(NCC(=O)Nc2ccc(C)c(S(=O)(=O)N3CCOCC3)c2)cc1. The van der Waals surface area contributed by atoms with Crippen LogP contribution in [0.2, 0.25) is 0 Å². The van der Waals surface area contributed by atoms with Crippen LogP contribution < -0.4 is 10.6 Å². The Morgan fingerprint density at radius 3 is 2.25 bits per heavy atom. The molecule has 1 fully saturated rings. The van der Waals surface area contributed by atoms with Gasteiger partial charge in [-0.1, -0.05) is 13.0 Å². The second kappa shape index (κ2) is 9.99. The number of nitrogens with one attached hydrogen (secondary N) is 2. The van der Waals surface area contributed by atoms with Crippen LogP contribution in [-0.4, -0.2) is 65.6 Å². The van der Waals surface area contributed by atoms with Crippen molar-refractivity contribution in [3.63, 3.8) is 0 Å². The summed E-state index contributed by atoms with van der Waals surface area (Å²) in [6, 6.07) is 10.9. The maximum Gasteiger partial charge on any atom is 0.243 e. The van der Waals surface area contributed by atoms with E-state index in [0.29, 0.717) is 43.2 Å². The molecule has 1 saturated heterocycles. The van der Waals surface area contributed by atoms with Crippen LogP contribution in [0.5, 0.6) is 0 Å². The van der Waals surface area contributed by atoms with Crippen molar-refractivity contribution in [2.75, 3.05) is 49.2 Å². The van der Waals surface area contributed by atoms with Gasteiger partial charge in [0, 0.05) is 24.5 Å². The van der Waals surface area contributed by atoms with Crippen LogP contribution in [0.3, 0.4) is 0 Å². The molecule has 9 nitrogen and oxygen atoms in total. The number of sulfone groups is 1. The Labute approximate surface area is 188 Å². The third kappa shape index (κ3) is 5.66. The van der Waals surface area contributed by atoms with Gasteiger partial charge in [-0.3, -0.25) is 4.79 Å². The Bertz CT molecular complexity index is 1170. The lowest BCUT2D eigenvalue weighted by molar-refractivity contribution is -0.114. The highest BCUT2D eigenvalue weighted by atomic mass is 32.2. The van der Waals surface area contributed by atoms with Crippen molar-refractivity contribution in [3.05, 3.63) is 48.0 Å². The molecule has 1 heterocycles. The van der Waals surface area contributed by atoms with Crippen molar-refractivity contribution in [1.82, 2.24) is 4.31 Å². The fourth-order valence-corrected chi connectivity index (χ4v) is 5.76. The number of amides is 1. The quantitative estimate of drug-likeness (QED) is 0.590. The average molecular weight is 482 g/mol. The zero-order valence-electron chi connectivity index (χ0n) is 18.0. The molecule has 1 aliphatic heterocycles. The Kier molecular flexibility index (Phi) is 7.55. The molecule has 0 aromatic heterocycles. The maximum atomic E-state index is 13.0. The fraction of sp³-hybridized carbons (Fsp3) is 0.381. The largest absolute Gasteiger partial charge is 0.379 e. The number of rotatable bonds is 8. The van der Waals surface area contributed by atoms with E-state index >= 15 is 0 Å². The van der Waals surface area contributed by atoms with Gasteiger partial charge in [-0.15, -0.1) is 0 Å². The van der Waals surface area contributed by atoms with Crippen LogP contribution >= 0.6 is 0 Å². The maximum absolute atomic E-state index is 13.0. The van der Waals surface area contributed by atoms with Crippen molar-refractivity contribution in [2.24, 2.45) is 0 Å². The van der Waals surface area contributed by atoms with Gasteiger partial charge in [-0.2, -0.15) is 4.31 Å². The predicted octanol–water partition coefficient (Wildman–Crippen LogP) is 1.86. The van der Waals surface area contributed by atoms with Gasteiger partial charge in [0.2, 0.25) is 15.9 Å². The van der Waals surface area contributed by atoms with Crippen LogP contribution in [0.4, 0.5) is 11.4 Å². The number of carbonyl (C=O) groups excluding carboxylic acids is 1. The number of ether oxygens (including phenoxy) is 1. The summed E-state index contributed by atoms with van der Waals surface area (Å²) in [5.74, 6) is -0.351. The first-order valence-electron chi connectivity index (χ1n) is 10.2. The van der Waals surface area contributed by atoms with Gasteiger partial charge >= 0.3 is 0 Å². The van der Waals surface area contributed by atoms with Crippen LogP contribution in [0.1, 0.15) is 12.5 Å². The average Bonchev–Trinajstić information content (AvgIpc) is 2.79. The number of benzene rings is 2.